The van der Waals surface area contributed by atoms with Gasteiger partial charge in [0.2, 0.25) is 0 Å². The molecule has 0 spiro atoms. The third kappa shape index (κ3) is 5.09. The molecule has 1 N–H and O–H groups in total. The molecule has 0 radical (unpaired) electrons. The molecule has 1 aromatic rings. The van der Waals surface area contributed by atoms with Gasteiger partial charge in [0.25, 0.3) is 0 Å². The van der Waals surface area contributed by atoms with Crippen LogP contribution in [0.2, 0.25) is 0 Å². The summed E-state index contributed by atoms with van der Waals surface area (Å²) >= 11 is 3.47. The Morgan fingerprint density at radius 1 is 1.22 bits per heavy atom. The Hall–Kier alpha value is -0.380. The van der Waals surface area contributed by atoms with E-state index in [1.165, 1.54) is 5.56 Å². The van der Waals surface area contributed by atoms with Gasteiger partial charge < -0.3 is 5.32 Å². The van der Waals surface area contributed by atoms with Gasteiger partial charge in [0.15, 0.2) is 0 Å². The first-order chi connectivity index (χ1) is 8.54. The molecule has 0 aliphatic heterocycles. The molecule has 0 saturated heterocycles. The molecule has 0 saturated carbocycles. The summed E-state index contributed by atoms with van der Waals surface area (Å²) in [5.41, 5.74) is 1.36. The van der Waals surface area contributed by atoms with Crippen LogP contribution in [0.1, 0.15) is 26.3 Å². The number of halogens is 1. The second kappa shape index (κ2) is 7.93. The van der Waals surface area contributed by atoms with Crippen LogP contribution in [0.25, 0.3) is 0 Å². The number of hydrogen-bond acceptors (Lipinski definition) is 2. The smallest absolute Gasteiger partial charge is 0.0233 e. The quantitative estimate of drug-likeness (QED) is 0.828. The molecule has 0 aromatic heterocycles. The maximum atomic E-state index is 3.47. The molecule has 3 heteroatoms. The van der Waals surface area contributed by atoms with Crippen molar-refractivity contribution in [1.82, 2.24) is 10.2 Å². The highest BCUT2D eigenvalue weighted by Crippen LogP contribution is 2.15. The minimum absolute atomic E-state index is 0.577. The summed E-state index contributed by atoms with van der Waals surface area (Å²) in [7, 11) is 2.20. The topological polar surface area (TPSA) is 15.3 Å². The Kier molecular flexibility index (Phi) is 6.90. The normalized spacial score (nSPS) is 14.8. The molecular weight excluding hydrogens is 288 g/mol. The lowest BCUT2D eigenvalue weighted by Crippen LogP contribution is -2.38. The highest BCUT2D eigenvalue weighted by molar-refractivity contribution is 9.10. The van der Waals surface area contributed by atoms with Crippen molar-refractivity contribution >= 4 is 15.9 Å². The SMILES string of the molecule is CCNCC(C)C(C)N(C)Cc1ccc(Br)cc1. The molecule has 0 fully saturated rings. The van der Waals surface area contributed by atoms with Crippen LogP contribution in [-0.2, 0) is 6.54 Å². The molecule has 102 valence electrons. The fourth-order valence-electron chi connectivity index (χ4n) is 2.00. The summed E-state index contributed by atoms with van der Waals surface area (Å²) in [4.78, 5) is 2.42. The molecule has 0 bridgehead atoms. The van der Waals surface area contributed by atoms with E-state index in [4.69, 9.17) is 0 Å². The third-order valence-corrected chi connectivity index (χ3v) is 4.11. The van der Waals surface area contributed by atoms with E-state index in [9.17, 15) is 0 Å². The maximum absolute atomic E-state index is 3.47. The van der Waals surface area contributed by atoms with E-state index in [-0.39, 0.29) is 0 Å². The van der Waals surface area contributed by atoms with Crippen molar-refractivity contribution in [2.24, 2.45) is 5.92 Å². The fraction of sp³-hybridized carbons (Fsp3) is 0.600. The highest BCUT2D eigenvalue weighted by atomic mass is 79.9. The molecular formula is C15H25BrN2. The van der Waals surface area contributed by atoms with Crippen molar-refractivity contribution in [3.05, 3.63) is 34.3 Å². The Labute approximate surface area is 120 Å². The van der Waals surface area contributed by atoms with Gasteiger partial charge in [-0.2, -0.15) is 0 Å². The lowest BCUT2D eigenvalue weighted by molar-refractivity contribution is 0.189. The summed E-state index contributed by atoms with van der Waals surface area (Å²) in [6, 6.07) is 9.16. The third-order valence-electron chi connectivity index (χ3n) is 3.58. The molecule has 0 heterocycles. The van der Waals surface area contributed by atoms with Crippen molar-refractivity contribution < 1.29 is 0 Å². The molecule has 0 aliphatic carbocycles. The summed E-state index contributed by atoms with van der Waals surface area (Å²) in [5.74, 6) is 0.658. The van der Waals surface area contributed by atoms with Gasteiger partial charge in [0.05, 0.1) is 0 Å². The van der Waals surface area contributed by atoms with Crippen LogP contribution in [0.15, 0.2) is 28.7 Å². The van der Waals surface area contributed by atoms with Crippen LogP contribution in [0.3, 0.4) is 0 Å². The van der Waals surface area contributed by atoms with Crippen LogP contribution < -0.4 is 5.32 Å². The standard InChI is InChI=1S/C15H25BrN2/c1-5-17-10-12(2)13(3)18(4)11-14-6-8-15(16)9-7-14/h6-9,12-13,17H,5,10-11H2,1-4H3. The zero-order chi connectivity index (χ0) is 13.5. The second-order valence-electron chi connectivity index (χ2n) is 5.07. The maximum Gasteiger partial charge on any atom is 0.0233 e. The van der Waals surface area contributed by atoms with Crippen LogP contribution in [0.4, 0.5) is 0 Å². The Balaban J connectivity index is 2.48. The average Bonchev–Trinajstić information content (AvgIpc) is 2.37. The van der Waals surface area contributed by atoms with Crippen molar-refractivity contribution in [1.29, 1.82) is 0 Å². The molecule has 1 rings (SSSR count). The van der Waals surface area contributed by atoms with Crippen LogP contribution >= 0.6 is 15.9 Å². The number of hydrogen-bond donors (Lipinski definition) is 1. The average molecular weight is 313 g/mol. The number of benzene rings is 1. The molecule has 0 aliphatic rings. The van der Waals surface area contributed by atoms with E-state index in [0.29, 0.717) is 12.0 Å². The van der Waals surface area contributed by atoms with E-state index < -0.39 is 0 Å². The lowest BCUT2D eigenvalue weighted by Gasteiger charge is -2.30. The monoisotopic (exact) mass is 312 g/mol. The van der Waals surface area contributed by atoms with Gasteiger partial charge >= 0.3 is 0 Å². The summed E-state index contributed by atoms with van der Waals surface area (Å²) in [5, 5.41) is 3.42. The summed E-state index contributed by atoms with van der Waals surface area (Å²) < 4.78 is 1.14. The minimum atomic E-state index is 0.577. The van der Waals surface area contributed by atoms with E-state index >= 15 is 0 Å². The zero-order valence-corrected chi connectivity index (χ0v) is 13.5. The van der Waals surface area contributed by atoms with Crippen molar-refractivity contribution in [2.45, 2.75) is 33.4 Å². The largest absolute Gasteiger partial charge is 0.317 e. The van der Waals surface area contributed by atoms with Gasteiger partial charge in [-0.05, 0) is 50.7 Å². The van der Waals surface area contributed by atoms with Crippen molar-refractivity contribution in [2.75, 3.05) is 20.1 Å². The van der Waals surface area contributed by atoms with Crippen molar-refractivity contribution in [3.8, 4) is 0 Å². The molecule has 1 aromatic carbocycles. The molecule has 2 unspecified atom stereocenters. The first kappa shape index (κ1) is 15.7. The molecule has 0 amide bonds. The Morgan fingerprint density at radius 3 is 2.39 bits per heavy atom. The first-order valence-electron chi connectivity index (χ1n) is 6.70. The van der Waals surface area contributed by atoms with Gasteiger partial charge in [0.1, 0.15) is 0 Å². The van der Waals surface area contributed by atoms with E-state index in [2.05, 4.69) is 78.2 Å². The van der Waals surface area contributed by atoms with E-state index in [1.807, 2.05) is 0 Å². The van der Waals surface area contributed by atoms with Gasteiger partial charge in [-0.1, -0.05) is 41.9 Å². The van der Waals surface area contributed by atoms with Gasteiger partial charge in [-0.25, -0.2) is 0 Å². The Bertz CT molecular complexity index is 337. The van der Waals surface area contributed by atoms with E-state index in [0.717, 1.165) is 24.1 Å². The molecule has 18 heavy (non-hydrogen) atoms. The van der Waals surface area contributed by atoms with Gasteiger partial charge in [0, 0.05) is 17.1 Å². The summed E-state index contributed by atoms with van der Waals surface area (Å²) in [6.45, 7) is 9.91. The van der Waals surface area contributed by atoms with Gasteiger partial charge in [-0.3, -0.25) is 4.90 Å². The van der Waals surface area contributed by atoms with Crippen LogP contribution in [-0.4, -0.2) is 31.1 Å². The summed E-state index contributed by atoms with van der Waals surface area (Å²) in [6.07, 6.45) is 0. The van der Waals surface area contributed by atoms with E-state index in [1.54, 1.807) is 0 Å². The predicted octanol–water partition coefficient (Wildman–Crippen LogP) is 3.52. The fourth-order valence-corrected chi connectivity index (χ4v) is 2.26. The second-order valence-corrected chi connectivity index (χ2v) is 5.98. The first-order valence-corrected chi connectivity index (χ1v) is 7.49. The number of nitrogens with zero attached hydrogens (tertiary/aromatic N) is 1. The van der Waals surface area contributed by atoms with Crippen LogP contribution in [0.5, 0.6) is 0 Å². The Morgan fingerprint density at radius 2 is 1.83 bits per heavy atom. The number of rotatable bonds is 7. The molecule has 2 atom stereocenters. The predicted molar refractivity (Wildman–Crippen MR) is 82.8 cm³/mol. The zero-order valence-electron chi connectivity index (χ0n) is 11.9. The minimum Gasteiger partial charge on any atom is -0.317 e. The van der Waals surface area contributed by atoms with Gasteiger partial charge in [-0.15, -0.1) is 0 Å². The lowest BCUT2D eigenvalue weighted by atomic mass is 10.0. The molecule has 2 nitrogen and oxygen atoms in total. The highest BCUT2D eigenvalue weighted by Gasteiger charge is 2.16. The van der Waals surface area contributed by atoms with Crippen molar-refractivity contribution in [3.63, 3.8) is 0 Å². The number of nitrogens with one attached hydrogen (secondary N) is 1. The van der Waals surface area contributed by atoms with Crippen LogP contribution in [0, 0.1) is 5.92 Å².